The van der Waals surface area contributed by atoms with Crippen LogP contribution in [0.25, 0.3) is 0 Å². The quantitative estimate of drug-likeness (QED) is 0.202. The van der Waals surface area contributed by atoms with E-state index in [1.54, 1.807) is 6.92 Å². The molecule has 0 saturated carbocycles. The highest BCUT2D eigenvalue weighted by Crippen LogP contribution is 2.10. The van der Waals surface area contributed by atoms with Gasteiger partial charge in [-0.15, -0.1) is 0 Å². The van der Waals surface area contributed by atoms with Gasteiger partial charge in [0.05, 0.1) is 13.7 Å². The van der Waals surface area contributed by atoms with Crippen molar-refractivity contribution in [2.24, 2.45) is 16.5 Å². The molecular formula is C14H27N5O5. The lowest BCUT2D eigenvalue weighted by Gasteiger charge is -2.26. The summed E-state index contributed by atoms with van der Waals surface area (Å²) in [6.07, 6.45) is 1.66. The number of nitrogens with two attached hydrogens (primary N) is 2. The first-order valence-corrected chi connectivity index (χ1v) is 7.62. The number of likely N-dealkylation sites (N-methyl/N-ethyl adjacent to an activating group) is 1. The molecule has 0 aromatic heterocycles. The molecule has 0 saturated heterocycles. The molecule has 5 N–H and O–H groups in total. The summed E-state index contributed by atoms with van der Waals surface area (Å²) in [5, 5.41) is 2.39. The third-order valence-electron chi connectivity index (χ3n) is 3.13. The van der Waals surface area contributed by atoms with Crippen molar-refractivity contribution < 1.29 is 23.9 Å². The highest BCUT2D eigenvalue weighted by Gasteiger charge is 2.27. The minimum absolute atomic E-state index is 0.00924. The zero-order chi connectivity index (χ0) is 18.5. The fourth-order valence-electron chi connectivity index (χ4n) is 1.89. The summed E-state index contributed by atoms with van der Waals surface area (Å²) in [7, 11) is 2.71. The van der Waals surface area contributed by atoms with Crippen LogP contribution in [0.4, 0.5) is 4.79 Å². The molecular weight excluding hydrogens is 318 g/mol. The van der Waals surface area contributed by atoms with Gasteiger partial charge in [-0.1, -0.05) is 0 Å². The van der Waals surface area contributed by atoms with Crippen molar-refractivity contribution in [2.45, 2.75) is 32.2 Å². The van der Waals surface area contributed by atoms with Crippen LogP contribution in [-0.4, -0.2) is 68.7 Å². The second-order valence-electron chi connectivity index (χ2n) is 4.92. The fraction of sp³-hybridized carbons (Fsp3) is 0.714. The number of unbranched alkanes of at least 4 members (excludes halogenated alkanes) is 1. The first-order valence-electron chi connectivity index (χ1n) is 7.62. The van der Waals surface area contributed by atoms with Crippen LogP contribution in [0.2, 0.25) is 0 Å². The van der Waals surface area contributed by atoms with Gasteiger partial charge >= 0.3 is 18.0 Å². The van der Waals surface area contributed by atoms with Crippen LogP contribution in [0.5, 0.6) is 0 Å². The van der Waals surface area contributed by atoms with Crippen LogP contribution in [0.3, 0.4) is 0 Å². The van der Waals surface area contributed by atoms with Gasteiger partial charge in [0.15, 0.2) is 5.96 Å². The Morgan fingerprint density at radius 1 is 1.25 bits per heavy atom. The summed E-state index contributed by atoms with van der Waals surface area (Å²) in [6.45, 7) is 2.07. The number of amides is 2. The maximum absolute atomic E-state index is 12.0. The molecule has 1 atom stereocenters. The van der Waals surface area contributed by atoms with Gasteiger partial charge in [0.25, 0.3) is 0 Å². The molecule has 0 spiro atoms. The van der Waals surface area contributed by atoms with Gasteiger partial charge < -0.3 is 31.2 Å². The van der Waals surface area contributed by atoms with E-state index >= 15 is 0 Å². The van der Waals surface area contributed by atoms with Crippen LogP contribution < -0.4 is 16.8 Å². The molecule has 0 aliphatic heterocycles. The van der Waals surface area contributed by atoms with Crippen molar-refractivity contribution in [3.8, 4) is 0 Å². The summed E-state index contributed by atoms with van der Waals surface area (Å²) in [4.78, 5) is 40.2. The molecule has 10 heteroatoms. The van der Waals surface area contributed by atoms with Gasteiger partial charge in [0.1, 0.15) is 12.6 Å². The number of carbonyl (C=O) groups is 3. The Bertz CT molecular complexity index is 451. The lowest BCUT2D eigenvalue weighted by atomic mass is 10.1. The van der Waals surface area contributed by atoms with Crippen LogP contribution in [0.15, 0.2) is 4.99 Å². The van der Waals surface area contributed by atoms with E-state index in [4.69, 9.17) is 20.9 Å². The molecule has 24 heavy (non-hydrogen) atoms. The predicted molar refractivity (Wildman–Crippen MR) is 88.1 cm³/mol. The van der Waals surface area contributed by atoms with Gasteiger partial charge in [0, 0.05) is 13.6 Å². The van der Waals surface area contributed by atoms with E-state index in [-0.39, 0.29) is 19.1 Å². The fourth-order valence-corrected chi connectivity index (χ4v) is 1.89. The first kappa shape index (κ1) is 21.5. The number of hydrogen-bond acceptors (Lipinski definition) is 6. The molecule has 0 aliphatic rings. The molecule has 1 unspecified atom stereocenters. The Hall–Kier alpha value is -2.52. The Kier molecular flexibility index (Phi) is 10.7. The maximum atomic E-state index is 12.0. The highest BCUT2D eigenvalue weighted by molar-refractivity contribution is 5.85. The Morgan fingerprint density at radius 3 is 2.46 bits per heavy atom. The van der Waals surface area contributed by atoms with Gasteiger partial charge in [-0.25, -0.2) is 9.59 Å². The SMILES string of the molecule is CCOC(=O)CNC(=O)N(C)C(CCCCN=C(N)N)C(=O)OC. The predicted octanol–water partition coefficient (Wildman–Crippen LogP) is -0.824. The van der Waals surface area contributed by atoms with Crippen molar-refractivity contribution in [3.05, 3.63) is 0 Å². The summed E-state index contributed by atoms with van der Waals surface area (Å²) >= 11 is 0. The zero-order valence-corrected chi connectivity index (χ0v) is 14.4. The summed E-state index contributed by atoms with van der Waals surface area (Å²) in [6, 6.07) is -1.33. The van der Waals surface area contributed by atoms with Crippen molar-refractivity contribution >= 4 is 23.9 Å². The average molecular weight is 345 g/mol. The number of guanidine groups is 1. The normalized spacial score (nSPS) is 11.1. The van der Waals surface area contributed by atoms with E-state index < -0.39 is 24.0 Å². The van der Waals surface area contributed by atoms with Gasteiger partial charge in [-0.05, 0) is 26.2 Å². The molecule has 0 aliphatic carbocycles. The number of carbonyl (C=O) groups excluding carboxylic acids is 3. The largest absolute Gasteiger partial charge is 0.467 e. The van der Waals surface area contributed by atoms with Crippen LogP contribution in [0, 0.1) is 0 Å². The number of hydrogen-bond donors (Lipinski definition) is 3. The van der Waals surface area contributed by atoms with E-state index in [1.807, 2.05) is 0 Å². The maximum Gasteiger partial charge on any atom is 0.328 e. The van der Waals surface area contributed by atoms with Crippen LogP contribution >= 0.6 is 0 Å². The first-order chi connectivity index (χ1) is 11.3. The third kappa shape index (κ3) is 8.81. The number of rotatable bonds is 10. The molecule has 0 bridgehead atoms. The van der Waals surface area contributed by atoms with Crippen LogP contribution in [-0.2, 0) is 19.1 Å². The number of aliphatic imine (C=N–C) groups is 1. The number of nitrogens with one attached hydrogen (secondary N) is 1. The Balaban J connectivity index is 4.50. The smallest absolute Gasteiger partial charge is 0.328 e. The van der Waals surface area contributed by atoms with E-state index in [0.717, 1.165) is 0 Å². The van der Waals surface area contributed by atoms with Gasteiger partial charge in [0.2, 0.25) is 0 Å². The van der Waals surface area contributed by atoms with Crippen molar-refractivity contribution in [1.82, 2.24) is 10.2 Å². The number of esters is 2. The van der Waals surface area contributed by atoms with Gasteiger partial charge in [-0.2, -0.15) is 0 Å². The molecule has 0 fully saturated rings. The second-order valence-corrected chi connectivity index (χ2v) is 4.92. The third-order valence-corrected chi connectivity index (χ3v) is 3.13. The molecule has 138 valence electrons. The molecule has 0 aromatic carbocycles. The second kappa shape index (κ2) is 12.0. The van der Waals surface area contributed by atoms with Crippen molar-refractivity contribution in [3.63, 3.8) is 0 Å². The topological polar surface area (TPSA) is 149 Å². The van der Waals surface area contributed by atoms with E-state index in [9.17, 15) is 14.4 Å². The Labute approximate surface area is 141 Å². The highest BCUT2D eigenvalue weighted by atomic mass is 16.5. The zero-order valence-electron chi connectivity index (χ0n) is 14.4. The number of ether oxygens (including phenoxy) is 2. The molecule has 0 aromatic rings. The summed E-state index contributed by atoms with van der Waals surface area (Å²) in [5.74, 6) is -1.08. The van der Waals surface area contributed by atoms with Gasteiger partial charge in [-0.3, -0.25) is 9.79 Å². The average Bonchev–Trinajstić information content (AvgIpc) is 2.54. The summed E-state index contributed by atoms with van der Waals surface area (Å²) in [5.41, 5.74) is 10.5. The van der Waals surface area contributed by atoms with Crippen molar-refractivity contribution in [2.75, 3.05) is 33.9 Å². The minimum atomic E-state index is -0.767. The molecule has 10 nitrogen and oxygen atoms in total. The molecule has 2 amide bonds. The Morgan fingerprint density at radius 2 is 1.92 bits per heavy atom. The standard InChI is InChI=1S/C14H27N5O5/c1-4-24-11(20)9-18-14(22)19(2)10(12(21)23-3)7-5-6-8-17-13(15)16/h10H,4-9H2,1-3H3,(H,18,22)(H4,15,16,17). The van der Waals surface area contributed by atoms with Crippen molar-refractivity contribution in [1.29, 1.82) is 0 Å². The molecule has 0 rings (SSSR count). The van der Waals surface area contributed by atoms with E-state index in [0.29, 0.717) is 25.8 Å². The number of nitrogens with zero attached hydrogens (tertiary/aromatic N) is 2. The number of methoxy groups -OCH3 is 1. The van der Waals surface area contributed by atoms with E-state index in [2.05, 4.69) is 10.3 Å². The monoisotopic (exact) mass is 345 g/mol. The van der Waals surface area contributed by atoms with Crippen LogP contribution in [0.1, 0.15) is 26.2 Å². The lowest BCUT2D eigenvalue weighted by Crippen LogP contribution is -2.48. The molecule has 0 heterocycles. The molecule has 0 radical (unpaired) electrons. The minimum Gasteiger partial charge on any atom is -0.467 e. The number of urea groups is 1. The summed E-state index contributed by atoms with van der Waals surface area (Å²) < 4.78 is 9.44. The lowest BCUT2D eigenvalue weighted by molar-refractivity contribution is -0.145. The van der Waals surface area contributed by atoms with E-state index in [1.165, 1.54) is 19.1 Å².